The standard InChI is InChI=1S/C15H18F2N2O2/c1-9(13-5-3-11(16)7-14(13)17)18-15(21)19-12-4-2-10(6-12)8-20/h2-5,7,9-10,12,20H,6,8H2,1H3,(H2,18,19,21)/t9?,10-,12+/m0/s1. The third-order valence-corrected chi connectivity index (χ3v) is 3.50. The molecule has 3 atom stereocenters. The third kappa shape index (κ3) is 4.01. The van der Waals surface area contributed by atoms with Crippen molar-refractivity contribution >= 4 is 6.03 Å². The summed E-state index contributed by atoms with van der Waals surface area (Å²) in [6, 6.07) is 2.10. The Hall–Kier alpha value is -1.95. The Balaban J connectivity index is 1.89. The van der Waals surface area contributed by atoms with Crippen molar-refractivity contribution in [3.63, 3.8) is 0 Å². The van der Waals surface area contributed by atoms with Crippen LogP contribution in [0.25, 0.3) is 0 Å². The number of rotatable bonds is 4. The number of hydrogen-bond acceptors (Lipinski definition) is 2. The van der Waals surface area contributed by atoms with Gasteiger partial charge in [-0.25, -0.2) is 13.6 Å². The van der Waals surface area contributed by atoms with Crippen LogP contribution in [0.15, 0.2) is 30.4 Å². The van der Waals surface area contributed by atoms with Gasteiger partial charge in [-0.3, -0.25) is 0 Å². The number of benzene rings is 1. The van der Waals surface area contributed by atoms with E-state index in [9.17, 15) is 13.6 Å². The van der Waals surface area contributed by atoms with Crippen LogP contribution < -0.4 is 10.6 Å². The van der Waals surface area contributed by atoms with Crippen LogP contribution in [0.5, 0.6) is 0 Å². The van der Waals surface area contributed by atoms with E-state index < -0.39 is 23.7 Å². The lowest BCUT2D eigenvalue weighted by Crippen LogP contribution is -2.42. The lowest BCUT2D eigenvalue weighted by atomic mass is 10.1. The molecule has 1 aliphatic rings. The molecule has 4 nitrogen and oxygen atoms in total. The van der Waals surface area contributed by atoms with Gasteiger partial charge in [-0.05, 0) is 19.4 Å². The summed E-state index contributed by atoms with van der Waals surface area (Å²) in [6.07, 6.45) is 4.32. The molecule has 0 saturated carbocycles. The highest BCUT2D eigenvalue weighted by Crippen LogP contribution is 2.19. The molecule has 0 heterocycles. The van der Waals surface area contributed by atoms with Gasteiger partial charge in [0.2, 0.25) is 0 Å². The number of aliphatic hydroxyl groups is 1. The molecule has 21 heavy (non-hydrogen) atoms. The molecule has 1 aromatic carbocycles. The Labute approximate surface area is 121 Å². The Morgan fingerprint density at radius 1 is 1.43 bits per heavy atom. The Bertz CT molecular complexity index is 548. The van der Waals surface area contributed by atoms with Gasteiger partial charge in [-0.15, -0.1) is 0 Å². The van der Waals surface area contributed by atoms with E-state index in [0.717, 1.165) is 12.1 Å². The van der Waals surface area contributed by atoms with Crippen molar-refractivity contribution in [1.82, 2.24) is 10.6 Å². The highest BCUT2D eigenvalue weighted by Gasteiger charge is 2.21. The van der Waals surface area contributed by atoms with E-state index in [1.807, 2.05) is 12.2 Å². The minimum atomic E-state index is -0.691. The molecule has 0 fully saturated rings. The van der Waals surface area contributed by atoms with Gasteiger partial charge in [0.1, 0.15) is 11.6 Å². The Morgan fingerprint density at radius 3 is 2.81 bits per heavy atom. The number of halogens is 2. The lowest BCUT2D eigenvalue weighted by Gasteiger charge is -2.18. The van der Waals surface area contributed by atoms with Gasteiger partial charge in [-0.1, -0.05) is 18.2 Å². The molecule has 0 radical (unpaired) electrons. The van der Waals surface area contributed by atoms with Crippen LogP contribution >= 0.6 is 0 Å². The van der Waals surface area contributed by atoms with Crippen LogP contribution in [0.3, 0.4) is 0 Å². The number of carbonyl (C=O) groups excluding carboxylic acids is 1. The van der Waals surface area contributed by atoms with Crippen molar-refractivity contribution in [2.45, 2.75) is 25.4 Å². The van der Waals surface area contributed by atoms with E-state index >= 15 is 0 Å². The van der Waals surface area contributed by atoms with Gasteiger partial charge in [0, 0.05) is 30.2 Å². The largest absolute Gasteiger partial charge is 0.396 e. The first kappa shape index (κ1) is 15.4. The van der Waals surface area contributed by atoms with Gasteiger partial charge in [0.15, 0.2) is 0 Å². The van der Waals surface area contributed by atoms with Gasteiger partial charge in [-0.2, -0.15) is 0 Å². The maximum atomic E-state index is 13.6. The van der Waals surface area contributed by atoms with Gasteiger partial charge in [0.05, 0.1) is 6.04 Å². The van der Waals surface area contributed by atoms with Crippen LogP contribution in [0, 0.1) is 17.6 Å². The molecule has 0 saturated heterocycles. The van der Waals surface area contributed by atoms with Crippen molar-refractivity contribution < 1.29 is 18.7 Å². The molecule has 0 aromatic heterocycles. The highest BCUT2D eigenvalue weighted by atomic mass is 19.1. The van der Waals surface area contributed by atoms with E-state index in [2.05, 4.69) is 10.6 Å². The van der Waals surface area contributed by atoms with Crippen LogP contribution in [0.2, 0.25) is 0 Å². The summed E-state index contributed by atoms with van der Waals surface area (Å²) in [7, 11) is 0. The van der Waals surface area contributed by atoms with Crippen LogP contribution in [-0.4, -0.2) is 23.8 Å². The maximum absolute atomic E-state index is 13.6. The van der Waals surface area contributed by atoms with Crippen molar-refractivity contribution in [3.8, 4) is 0 Å². The first-order valence-corrected chi connectivity index (χ1v) is 6.80. The molecule has 1 aliphatic carbocycles. The molecule has 2 amide bonds. The second-order valence-electron chi connectivity index (χ2n) is 5.18. The lowest BCUT2D eigenvalue weighted by molar-refractivity contribution is 0.229. The van der Waals surface area contributed by atoms with Crippen LogP contribution in [0.4, 0.5) is 13.6 Å². The topological polar surface area (TPSA) is 61.4 Å². The molecule has 3 N–H and O–H groups in total. The fourth-order valence-corrected chi connectivity index (χ4v) is 2.35. The SMILES string of the molecule is CC(NC(=O)N[C@@H]1C=C[C@H](CO)C1)c1ccc(F)cc1F. The number of urea groups is 1. The predicted molar refractivity (Wildman–Crippen MR) is 74.6 cm³/mol. The van der Waals surface area contributed by atoms with Gasteiger partial charge >= 0.3 is 6.03 Å². The van der Waals surface area contributed by atoms with Gasteiger partial charge < -0.3 is 15.7 Å². The van der Waals surface area contributed by atoms with E-state index in [0.29, 0.717) is 6.42 Å². The van der Waals surface area contributed by atoms with Crippen molar-refractivity contribution in [2.24, 2.45) is 5.92 Å². The molecular weight excluding hydrogens is 278 g/mol. The molecule has 1 aromatic rings. The van der Waals surface area contributed by atoms with Crippen molar-refractivity contribution in [1.29, 1.82) is 0 Å². The minimum absolute atomic E-state index is 0.0491. The Kier molecular flexibility index (Phi) is 4.90. The average molecular weight is 296 g/mol. The Morgan fingerprint density at radius 2 is 2.19 bits per heavy atom. The summed E-state index contributed by atoms with van der Waals surface area (Å²) in [5.74, 6) is -1.29. The molecular formula is C15H18F2N2O2. The summed E-state index contributed by atoms with van der Waals surface area (Å²) in [4.78, 5) is 11.8. The summed E-state index contributed by atoms with van der Waals surface area (Å²) in [6.45, 7) is 1.67. The first-order valence-electron chi connectivity index (χ1n) is 6.80. The second-order valence-corrected chi connectivity index (χ2v) is 5.18. The smallest absolute Gasteiger partial charge is 0.315 e. The number of hydrogen-bond donors (Lipinski definition) is 3. The molecule has 0 spiro atoms. The van der Waals surface area contributed by atoms with Gasteiger partial charge in [0.25, 0.3) is 0 Å². The normalized spacial score (nSPS) is 22.1. The monoisotopic (exact) mass is 296 g/mol. The third-order valence-electron chi connectivity index (χ3n) is 3.50. The fourth-order valence-electron chi connectivity index (χ4n) is 2.35. The van der Waals surface area contributed by atoms with Crippen molar-refractivity contribution in [3.05, 3.63) is 47.5 Å². The molecule has 2 rings (SSSR count). The van der Waals surface area contributed by atoms with E-state index in [1.54, 1.807) is 6.92 Å². The average Bonchev–Trinajstić information content (AvgIpc) is 2.85. The summed E-state index contributed by atoms with van der Waals surface area (Å²) < 4.78 is 26.4. The minimum Gasteiger partial charge on any atom is -0.396 e. The van der Waals surface area contributed by atoms with Crippen LogP contribution in [0.1, 0.15) is 24.9 Å². The molecule has 0 bridgehead atoms. The zero-order valence-electron chi connectivity index (χ0n) is 11.6. The van der Waals surface area contributed by atoms with Crippen LogP contribution in [-0.2, 0) is 0 Å². The molecule has 6 heteroatoms. The predicted octanol–water partition coefficient (Wildman–Crippen LogP) is 2.26. The second kappa shape index (κ2) is 6.67. The zero-order chi connectivity index (χ0) is 15.4. The van der Waals surface area contributed by atoms with E-state index in [4.69, 9.17) is 5.11 Å². The number of carbonyl (C=O) groups is 1. The van der Waals surface area contributed by atoms with Crippen molar-refractivity contribution in [2.75, 3.05) is 6.61 Å². The number of aliphatic hydroxyl groups excluding tert-OH is 1. The molecule has 114 valence electrons. The van der Waals surface area contributed by atoms with E-state index in [1.165, 1.54) is 6.07 Å². The highest BCUT2D eigenvalue weighted by molar-refractivity contribution is 5.75. The summed E-state index contributed by atoms with van der Waals surface area (Å²) >= 11 is 0. The quantitative estimate of drug-likeness (QED) is 0.746. The first-order chi connectivity index (χ1) is 9.99. The molecule has 0 aliphatic heterocycles. The summed E-state index contributed by atoms with van der Waals surface area (Å²) in [5, 5.41) is 14.4. The fraction of sp³-hybridized carbons (Fsp3) is 0.400. The summed E-state index contributed by atoms with van der Waals surface area (Å²) in [5.41, 5.74) is 0.224. The number of nitrogens with one attached hydrogen (secondary N) is 2. The van der Waals surface area contributed by atoms with E-state index in [-0.39, 0.29) is 24.1 Å². The maximum Gasteiger partial charge on any atom is 0.315 e. The number of amides is 2. The molecule has 1 unspecified atom stereocenters. The zero-order valence-corrected chi connectivity index (χ0v) is 11.6.